The quantitative estimate of drug-likeness (QED) is 0.761. The van der Waals surface area contributed by atoms with E-state index in [-0.39, 0.29) is 11.8 Å². The molecular weight excluding hydrogens is 266 g/mol. The van der Waals surface area contributed by atoms with Crippen molar-refractivity contribution in [2.24, 2.45) is 5.92 Å². The number of para-hydroxylation sites is 1. The van der Waals surface area contributed by atoms with Gasteiger partial charge in [0.05, 0.1) is 0 Å². The number of nitrogens with zero attached hydrogens (tertiary/aromatic N) is 3. The summed E-state index contributed by atoms with van der Waals surface area (Å²) in [6, 6.07) is 9.53. The largest absolute Gasteiger partial charge is 0.344 e. The van der Waals surface area contributed by atoms with Crippen molar-refractivity contribution in [3.05, 3.63) is 30.3 Å². The molecule has 0 N–H and O–H groups in total. The average Bonchev–Trinajstić information content (AvgIpc) is 2.86. The highest BCUT2D eigenvalue weighted by Crippen LogP contribution is 2.26. The number of rotatable bonds is 5. The van der Waals surface area contributed by atoms with E-state index < -0.39 is 5.92 Å². The van der Waals surface area contributed by atoms with E-state index in [1.54, 1.807) is 16.8 Å². The molecule has 0 spiro atoms. The van der Waals surface area contributed by atoms with Gasteiger partial charge < -0.3 is 14.7 Å². The fraction of sp³-hybridized carbons (Fsp3) is 0.500. The van der Waals surface area contributed by atoms with E-state index in [2.05, 4.69) is 0 Å². The summed E-state index contributed by atoms with van der Waals surface area (Å²) in [6.45, 7) is 2.05. The molecule has 0 aliphatic carbocycles. The zero-order chi connectivity index (χ0) is 15.4. The summed E-state index contributed by atoms with van der Waals surface area (Å²) in [5.74, 6) is -0.680. The molecule has 21 heavy (non-hydrogen) atoms. The van der Waals surface area contributed by atoms with Gasteiger partial charge in [-0.3, -0.25) is 9.59 Å². The maximum Gasteiger partial charge on any atom is 0.239 e. The van der Waals surface area contributed by atoms with Crippen LogP contribution in [0.4, 0.5) is 5.69 Å². The van der Waals surface area contributed by atoms with E-state index in [1.807, 2.05) is 49.3 Å². The molecule has 1 aromatic carbocycles. The molecule has 1 saturated heterocycles. The predicted molar refractivity (Wildman–Crippen MR) is 83.1 cm³/mol. The number of likely N-dealkylation sites (N-methyl/N-ethyl adjacent to an activating group) is 2. The van der Waals surface area contributed by atoms with Crippen LogP contribution in [0.3, 0.4) is 0 Å². The molecule has 1 heterocycles. The lowest BCUT2D eigenvalue weighted by atomic mass is 10.1. The minimum Gasteiger partial charge on any atom is -0.344 e. The topological polar surface area (TPSA) is 43.9 Å². The summed E-state index contributed by atoms with van der Waals surface area (Å²) in [4.78, 5) is 30.3. The molecule has 1 aliphatic heterocycles. The van der Waals surface area contributed by atoms with Gasteiger partial charge in [-0.25, -0.2) is 0 Å². The van der Waals surface area contributed by atoms with Crippen molar-refractivity contribution in [2.45, 2.75) is 6.42 Å². The minimum absolute atomic E-state index is 0.0692. The molecule has 114 valence electrons. The van der Waals surface area contributed by atoms with Gasteiger partial charge in [0, 0.05) is 32.4 Å². The van der Waals surface area contributed by atoms with E-state index in [0.717, 1.165) is 12.2 Å². The standard InChI is InChI=1S/C16H23N3O2/c1-17(2)11-12-18(3)15(20)14-9-10-19(16(14)21)13-7-5-4-6-8-13/h4-8,14H,9-12H2,1-3H3. The van der Waals surface area contributed by atoms with Crippen LogP contribution in [0.5, 0.6) is 0 Å². The third-order valence-electron chi connectivity index (χ3n) is 3.83. The Kier molecular flexibility index (Phi) is 4.96. The fourth-order valence-corrected chi connectivity index (χ4v) is 2.50. The van der Waals surface area contributed by atoms with Gasteiger partial charge in [-0.1, -0.05) is 18.2 Å². The Labute approximate surface area is 126 Å². The molecule has 0 aromatic heterocycles. The third-order valence-corrected chi connectivity index (χ3v) is 3.83. The van der Waals surface area contributed by atoms with Crippen LogP contribution in [0.2, 0.25) is 0 Å². The van der Waals surface area contributed by atoms with Gasteiger partial charge in [0.25, 0.3) is 0 Å². The lowest BCUT2D eigenvalue weighted by Gasteiger charge is -2.22. The monoisotopic (exact) mass is 289 g/mol. The van der Waals surface area contributed by atoms with E-state index in [4.69, 9.17) is 0 Å². The Morgan fingerprint density at radius 1 is 1.19 bits per heavy atom. The van der Waals surface area contributed by atoms with Gasteiger partial charge in [0.2, 0.25) is 11.8 Å². The van der Waals surface area contributed by atoms with Crippen molar-refractivity contribution >= 4 is 17.5 Å². The lowest BCUT2D eigenvalue weighted by Crippen LogP contribution is -2.40. The second-order valence-electron chi connectivity index (χ2n) is 5.73. The Morgan fingerprint density at radius 3 is 2.48 bits per heavy atom. The van der Waals surface area contributed by atoms with Crippen LogP contribution in [-0.2, 0) is 9.59 Å². The first-order valence-corrected chi connectivity index (χ1v) is 7.27. The highest BCUT2D eigenvalue weighted by Gasteiger charge is 2.38. The molecule has 1 fully saturated rings. The van der Waals surface area contributed by atoms with Crippen molar-refractivity contribution in [3.63, 3.8) is 0 Å². The molecule has 0 bridgehead atoms. The Balaban J connectivity index is 1.99. The maximum atomic E-state index is 12.5. The number of benzene rings is 1. The van der Waals surface area contributed by atoms with Crippen LogP contribution < -0.4 is 4.90 Å². The third kappa shape index (κ3) is 3.61. The van der Waals surface area contributed by atoms with Gasteiger partial charge in [-0.15, -0.1) is 0 Å². The Bertz CT molecular complexity index is 502. The first-order chi connectivity index (χ1) is 10.0. The Morgan fingerprint density at radius 2 is 1.86 bits per heavy atom. The highest BCUT2D eigenvalue weighted by atomic mass is 16.2. The summed E-state index contributed by atoms with van der Waals surface area (Å²) >= 11 is 0. The highest BCUT2D eigenvalue weighted by molar-refractivity contribution is 6.09. The number of anilines is 1. The average molecular weight is 289 g/mol. The summed E-state index contributed by atoms with van der Waals surface area (Å²) in [5.41, 5.74) is 0.869. The van der Waals surface area contributed by atoms with E-state index in [0.29, 0.717) is 19.5 Å². The smallest absolute Gasteiger partial charge is 0.239 e. The molecule has 5 heteroatoms. The van der Waals surface area contributed by atoms with Gasteiger partial charge in [-0.2, -0.15) is 0 Å². The van der Waals surface area contributed by atoms with Crippen molar-refractivity contribution < 1.29 is 9.59 Å². The zero-order valence-corrected chi connectivity index (χ0v) is 13.0. The second kappa shape index (κ2) is 6.72. The van der Waals surface area contributed by atoms with Crippen LogP contribution in [0.25, 0.3) is 0 Å². The van der Waals surface area contributed by atoms with Crippen molar-refractivity contribution in [2.75, 3.05) is 45.7 Å². The number of amides is 2. The van der Waals surface area contributed by atoms with Crippen LogP contribution >= 0.6 is 0 Å². The summed E-state index contributed by atoms with van der Waals surface area (Å²) in [5, 5.41) is 0. The number of hydrogen-bond donors (Lipinski definition) is 0. The second-order valence-corrected chi connectivity index (χ2v) is 5.73. The van der Waals surface area contributed by atoms with Gasteiger partial charge in [0.15, 0.2) is 0 Å². The lowest BCUT2D eigenvalue weighted by molar-refractivity contribution is -0.138. The molecule has 0 radical (unpaired) electrons. The van der Waals surface area contributed by atoms with Crippen LogP contribution in [0, 0.1) is 5.92 Å². The molecular formula is C16H23N3O2. The molecule has 1 unspecified atom stereocenters. The van der Waals surface area contributed by atoms with E-state index in [1.165, 1.54) is 0 Å². The SMILES string of the molecule is CN(C)CCN(C)C(=O)C1CCN(c2ccccc2)C1=O. The van der Waals surface area contributed by atoms with Gasteiger partial charge in [-0.05, 0) is 32.6 Å². The van der Waals surface area contributed by atoms with Crippen LogP contribution in [0.15, 0.2) is 30.3 Å². The van der Waals surface area contributed by atoms with Crippen molar-refractivity contribution in [3.8, 4) is 0 Å². The number of carbonyl (C=O) groups is 2. The van der Waals surface area contributed by atoms with Crippen LogP contribution in [0.1, 0.15) is 6.42 Å². The molecule has 2 rings (SSSR count). The first kappa shape index (κ1) is 15.5. The molecule has 2 amide bonds. The van der Waals surface area contributed by atoms with E-state index in [9.17, 15) is 9.59 Å². The fourth-order valence-electron chi connectivity index (χ4n) is 2.50. The Hall–Kier alpha value is -1.88. The molecule has 1 aromatic rings. The first-order valence-electron chi connectivity index (χ1n) is 7.27. The normalized spacial score (nSPS) is 18.4. The predicted octanol–water partition coefficient (Wildman–Crippen LogP) is 1.06. The van der Waals surface area contributed by atoms with Gasteiger partial charge >= 0.3 is 0 Å². The molecule has 1 atom stereocenters. The molecule has 5 nitrogen and oxygen atoms in total. The summed E-state index contributed by atoms with van der Waals surface area (Å²) in [7, 11) is 5.71. The number of carbonyl (C=O) groups excluding carboxylic acids is 2. The van der Waals surface area contributed by atoms with Gasteiger partial charge in [0.1, 0.15) is 5.92 Å². The van der Waals surface area contributed by atoms with E-state index >= 15 is 0 Å². The maximum absolute atomic E-state index is 12.5. The number of hydrogen-bond acceptors (Lipinski definition) is 3. The summed E-state index contributed by atoms with van der Waals surface area (Å²) in [6.07, 6.45) is 0.596. The van der Waals surface area contributed by atoms with Crippen molar-refractivity contribution in [1.82, 2.24) is 9.80 Å². The van der Waals surface area contributed by atoms with Crippen LogP contribution in [-0.4, -0.2) is 62.4 Å². The molecule has 0 saturated carbocycles. The summed E-state index contributed by atoms with van der Waals surface area (Å²) < 4.78 is 0. The molecule has 1 aliphatic rings. The minimum atomic E-state index is -0.530. The zero-order valence-electron chi connectivity index (χ0n) is 13.0. The van der Waals surface area contributed by atoms with Crippen molar-refractivity contribution in [1.29, 1.82) is 0 Å².